The van der Waals surface area contributed by atoms with Crippen molar-refractivity contribution >= 4 is 11.8 Å². The molecule has 0 spiro atoms. The first-order chi connectivity index (χ1) is 14.1. The van der Waals surface area contributed by atoms with Crippen LogP contribution in [-0.2, 0) is 4.79 Å². The van der Waals surface area contributed by atoms with Gasteiger partial charge in [0.05, 0.1) is 17.2 Å². The van der Waals surface area contributed by atoms with Gasteiger partial charge in [0.15, 0.2) is 0 Å². The van der Waals surface area contributed by atoms with Gasteiger partial charge >= 0.3 is 0 Å². The number of aromatic nitrogens is 3. The quantitative estimate of drug-likeness (QED) is 0.537. The van der Waals surface area contributed by atoms with Crippen molar-refractivity contribution in [3.8, 4) is 22.5 Å². The molecule has 2 aromatic heterocycles. The van der Waals surface area contributed by atoms with Crippen LogP contribution in [0.4, 0.5) is 10.3 Å². The first-order valence-electron chi connectivity index (χ1n) is 9.01. The molecule has 7 heteroatoms. The summed E-state index contributed by atoms with van der Waals surface area (Å²) in [5, 5.41) is 6.91. The summed E-state index contributed by atoms with van der Waals surface area (Å²) in [4.78, 5) is 21.0. The summed E-state index contributed by atoms with van der Waals surface area (Å²) < 4.78 is 18.8. The molecule has 6 nitrogen and oxygen atoms in total. The van der Waals surface area contributed by atoms with Crippen LogP contribution in [0.15, 0.2) is 77.7 Å². The van der Waals surface area contributed by atoms with Crippen molar-refractivity contribution < 1.29 is 13.7 Å². The molecule has 0 saturated heterocycles. The highest BCUT2D eigenvalue weighted by molar-refractivity contribution is 5.99. The Morgan fingerprint density at radius 3 is 2.52 bits per heavy atom. The van der Waals surface area contributed by atoms with Crippen LogP contribution in [0.3, 0.4) is 0 Å². The molecule has 0 bridgehead atoms. The predicted molar refractivity (Wildman–Crippen MR) is 106 cm³/mol. The fourth-order valence-corrected chi connectivity index (χ4v) is 2.97. The van der Waals surface area contributed by atoms with Crippen molar-refractivity contribution in [3.63, 3.8) is 0 Å². The zero-order chi connectivity index (χ0) is 20.2. The number of benzene rings is 2. The second kappa shape index (κ2) is 8.02. The van der Waals surface area contributed by atoms with E-state index in [9.17, 15) is 9.18 Å². The summed E-state index contributed by atoms with van der Waals surface area (Å²) in [5.41, 5.74) is 3.01. The highest BCUT2D eigenvalue weighted by Gasteiger charge is 2.24. The number of hydrogen-bond donors (Lipinski definition) is 1. The number of carbonyl (C=O) groups is 1. The summed E-state index contributed by atoms with van der Waals surface area (Å²) in [7, 11) is 0. The molecule has 4 rings (SSSR count). The third-order valence-electron chi connectivity index (χ3n) is 4.58. The molecule has 4 aromatic rings. The van der Waals surface area contributed by atoms with E-state index in [4.69, 9.17) is 4.52 Å². The van der Waals surface area contributed by atoms with Crippen LogP contribution in [0, 0.1) is 5.82 Å². The monoisotopic (exact) mass is 388 g/mol. The van der Waals surface area contributed by atoms with Gasteiger partial charge in [-0.05, 0) is 42.8 Å². The molecule has 0 aliphatic heterocycles. The lowest BCUT2D eigenvalue weighted by Crippen LogP contribution is -2.19. The number of halogens is 1. The van der Waals surface area contributed by atoms with Gasteiger partial charge in [0.25, 0.3) is 0 Å². The Hall–Kier alpha value is -3.87. The zero-order valence-electron chi connectivity index (χ0n) is 15.5. The van der Waals surface area contributed by atoms with E-state index in [1.807, 2.05) is 37.3 Å². The van der Waals surface area contributed by atoms with E-state index in [-0.39, 0.29) is 17.6 Å². The molecule has 0 fully saturated rings. The van der Waals surface area contributed by atoms with Crippen molar-refractivity contribution in [2.75, 3.05) is 5.32 Å². The van der Waals surface area contributed by atoms with E-state index in [2.05, 4.69) is 20.4 Å². The zero-order valence-corrected chi connectivity index (χ0v) is 15.5. The molecule has 0 saturated carbocycles. The van der Waals surface area contributed by atoms with Crippen molar-refractivity contribution in [2.45, 2.75) is 12.8 Å². The fraction of sp³-hybridized carbons (Fsp3) is 0.0909. The summed E-state index contributed by atoms with van der Waals surface area (Å²) in [6, 6.07) is 17.0. The molecule has 29 heavy (non-hydrogen) atoms. The molecule has 1 amide bonds. The molecular formula is C22H17FN4O2. The summed E-state index contributed by atoms with van der Waals surface area (Å²) in [6.45, 7) is 1.81. The number of rotatable bonds is 5. The maximum atomic E-state index is 13.3. The third-order valence-corrected chi connectivity index (χ3v) is 4.58. The van der Waals surface area contributed by atoms with Gasteiger partial charge in [-0.3, -0.25) is 10.1 Å². The average Bonchev–Trinajstić information content (AvgIpc) is 3.18. The van der Waals surface area contributed by atoms with Gasteiger partial charge in [0, 0.05) is 11.8 Å². The third kappa shape index (κ3) is 3.89. The number of amides is 1. The lowest BCUT2D eigenvalue weighted by atomic mass is 10.00. The molecule has 2 heterocycles. The van der Waals surface area contributed by atoms with E-state index in [1.165, 1.54) is 18.5 Å². The average molecular weight is 388 g/mol. The van der Waals surface area contributed by atoms with Gasteiger partial charge in [-0.1, -0.05) is 35.5 Å². The van der Waals surface area contributed by atoms with Crippen LogP contribution in [0.2, 0.25) is 0 Å². The Morgan fingerprint density at radius 1 is 1.07 bits per heavy atom. The largest absolute Gasteiger partial charge is 0.337 e. The van der Waals surface area contributed by atoms with Gasteiger partial charge in [-0.2, -0.15) is 0 Å². The number of nitrogens with one attached hydrogen (secondary N) is 1. The lowest BCUT2D eigenvalue weighted by molar-refractivity contribution is -0.117. The fourth-order valence-electron chi connectivity index (χ4n) is 2.97. The van der Waals surface area contributed by atoms with Crippen LogP contribution in [0.1, 0.15) is 18.4 Å². The first kappa shape index (κ1) is 18.5. The minimum Gasteiger partial charge on any atom is -0.337 e. The normalized spacial score (nSPS) is 11.8. The summed E-state index contributed by atoms with van der Waals surface area (Å²) in [6.07, 6.45) is 2.98. The van der Waals surface area contributed by atoms with Crippen LogP contribution in [0.25, 0.3) is 22.5 Å². The Bertz CT molecular complexity index is 1110. The van der Waals surface area contributed by atoms with E-state index in [1.54, 1.807) is 24.4 Å². The first-order valence-corrected chi connectivity index (χ1v) is 9.01. The van der Waals surface area contributed by atoms with Crippen LogP contribution < -0.4 is 5.32 Å². The van der Waals surface area contributed by atoms with Gasteiger partial charge in [-0.15, -0.1) is 0 Å². The minimum atomic E-state index is -0.395. The van der Waals surface area contributed by atoms with E-state index in [0.29, 0.717) is 22.5 Å². The van der Waals surface area contributed by atoms with Gasteiger partial charge in [0.1, 0.15) is 17.8 Å². The van der Waals surface area contributed by atoms with E-state index < -0.39 is 5.92 Å². The Morgan fingerprint density at radius 2 is 1.83 bits per heavy atom. The predicted octanol–water partition coefficient (Wildman–Crippen LogP) is 4.68. The summed E-state index contributed by atoms with van der Waals surface area (Å²) >= 11 is 0. The molecule has 0 aliphatic carbocycles. The smallest absolute Gasteiger partial charge is 0.241 e. The van der Waals surface area contributed by atoms with Crippen molar-refractivity contribution in [2.24, 2.45) is 0 Å². The maximum Gasteiger partial charge on any atom is 0.241 e. The molecule has 2 aromatic carbocycles. The topological polar surface area (TPSA) is 80.9 Å². The van der Waals surface area contributed by atoms with Crippen LogP contribution >= 0.6 is 0 Å². The van der Waals surface area contributed by atoms with Gasteiger partial charge < -0.3 is 4.52 Å². The Kier molecular flexibility index (Phi) is 5.11. The standard InChI is InChI=1S/C22H17FN4O2/c1-14(15-5-3-2-4-6-15)21(28)26-22-19(18-11-12-24-13-25-18)20(27-29-22)16-7-9-17(23)10-8-16/h2-14H,1H3,(H,26,28). The molecule has 144 valence electrons. The van der Waals surface area contributed by atoms with Gasteiger partial charge in [-0.25, -0.2) is 14.4 Å². The Labute approximate surface area is 166 Å². The van der Waals surface area contributed by atoms with Crippen molar-refractivity contribution in [1.29, 1.82) is 0 Å². The van der Waals surface area contributed by atoms with Gasteiger partial charge in [0.2, 0.25) is 11.8 Å². The van der Waals surface area contributed by atoms with E-state index >= 15 is 0 Å². The minimum absolute atomic E-state index is 0.177. The highest BCUT2D eigenvalue weighted by atomic mass is 19.1. The summed E-state index contributed by atoms with van der Waals surface area (Å²) in [5.74, 6) is -0.816. The van der Waals surface area contributed by atoms with Crippen LogP contribution in [-0.4, -0.2) is 21.0 Å². The van der Waals surface area contributed by atoms with Crippen molar-refractivity contribution in [3.05, 3.63) is 84.6 Å². The second-order valence-electron chi connectivity index (χ2n) is 6.46. The molecule has 1 atom stereocenters. The lowest BCUT2D eigenvalue weighted by Gasteiger charge is -2.11. The molecule has 1 unspecified atom stereocenters. The number of hydrogen-bond acceptors (Lipinski definition) is 5. The SMILES string of the molecule is CC(C(=O)Nc1onc(-c2ccc(F)cc2)c1-c1ccncn1)c1ccccc1. The number of anilines is 1. The maximum absolute atomic E-state index is 13.3. The highest BCUT2D eigenvalue weighted by Crippen LogP contribution is 2.37. The van der Waals surface area contributed by atoms with E-state index in [0.717, 1.165) is 5.56 Å². The number of nitrogens with zero attached hydrogens (tertiary/aromatic N) is 3. The van der Waals surface area contributed by atoms with Crippen molar-refractivity contribution in [1.82, 2.24) is 15.1 Å². The second-order valence-corrected chi connectivity index (χ2v) is 6.46. The molecule has 1 N–H and O–H groups in total. The Balaban J connectivity index is 1.72. The molecule has 0 aliphatic rings. The molecular weight excluding hydrogens is 371 g/mol. The number of carbonyl (C=O) groups excluding carboxylic acids is 1. The van der Waals surface area contributed by atoms with Crippen LogP contribution in [0.5, 0.6) is 0 Å². The molecule has 0 radical (unpaired) electrons.